The van der Waals surface area contributed by atoms with Crippen LogP contribution in [0.3, 0.4) is 0 Å². The molecular weight excluding hydrogens is 210 g/mol. The average molecular weight is 233 g/mol. The Kier molecular flexibility index (Phi) is 4.57. The van der Waals surface area contributed by atoms with Crippen molar-refractivity contribution in [3.05, 3.63) is 35.4 Å². The molecule has 0 aromatic heterocycles. The molecule has 2 heteroatoms. The lowest BCUT2D eigenvalue weighted by Crippen LogP contribution is -2.27. The van der Waals surface area contributed by atoms with Crippen molar-refractivity contribution in [3.63, 3.8) is 0 Å². The fourth-order valence-corrected chi connectivity index (χ4v) is 2.76. The van der Waals surface area contributed by atoms with Crippen molar-refractivity contribution in [2.45, 2.75) is 31.6 Å². The molecule has 0 saturated carbocycles. The van der Waals surface area contributed by atoms with E-state index in [4.69, 9.17) is 4.74 Å². The molecule has 0 aliphatic heterocycles. The second kappa shape index (κ2) is 6.18. The summed E-state index contributed by atoms with van der Waals surface area (Å²) < 4.78 is 5.06. The highest BCUT2D eigenvalue weighted by Crippen LogP contribution is 2.37. The van der Waals surface area contributed by atoms with E-state index in [0.717, 1.165) is 25.6 Å². The molecule has 0 radical (unpaired) electrons. The van der Waals surface area contributed by atoms with Gasteiger partial charge in [0.1, 0.15) is 0 Å². The summed E-state index contributed by atoms with van der Waals surface area (Å²) >= 11 is 0. The molecule has 94 valence electrons. The van der Waals surface area contributed by atoms with E-state index in [1.807, 2.05) is 0 Å². The van der Waals surface area contributed by atoms with Crippen molar-refractivity contribution < 1.29 is 4.74 Å². The minimum Gasteiger partial charge on any atom is -0.383 e. The quantitative estimate of drug-likeness (QED) is 0.790. The first-order chi connectivity index (χ1) is 8.33. The van der Waals surface area contributed by atoms with Crippen LogP contribution in [0.2, 0.25) is 0 Å². The molecule has 0 bridgehead atoms. The Balaban J connectivity index is 1.98. The molecule has 0 fully saturated rings. The summed E-state index contributed by atoms with van der Waals surface area (Å²) in [6.45, 7) is 5.16. The number of hydrogen-bond acceptors (Lipinski definition) is 2. The van der Waals surface area contributed by atoms with Gasteiger partial charge >= 0.3 is 0 Å². The minimum atomic E-state index is 0.680. The van der Waals surface area contributed by atoms with Crippen molar-refractivity contribution in [2.24, 2.45) is 0 Å². The van der Waals surface area contributed by atoms with Crippen LogP contribution >= 0.6 is 0 Å². The number of rotatable bonds is 5. The fourth-order valence-electron chi connectivity index (χ4n) is 2.76. The smallest absolute Gasteiger partial charge is 0.0587 e. The standard InChI is InChI=1S/C15H23NO/c1-12-7-8-13(11-16-9-10-17-2)15-6-4-3-5-14(12)15/h3-6,12-13,16H,7-11H2,1-2H3. The first-order valence-corrected chi connectivity index (χ1v) is 6.61. The number of methoxy groups -OCH3 is 1. The minimum absolute atomic E-state index is 0.680. The van der Waals surface area contributed by atoms with Crippen molar-refractivity contribution >= 4 is 0 Å². The molecule has 0 heterocycles. The molecule has 1 N–H and O–H groups in total. The van der Waals surface area contributed by atoms with Gasteiger partial charge in [-0.25, -0.2) is 0 Å². The van der Waals surface area contributed by atoms with Gasteiger partial charge in [-0.15, -0.1) is 0 Å². The third-order valence-corrected chi connectivity index (χ3v) is 3.79. The van der Waals surface area contributed by atoms with Gasteiger partial charge in [0.05, 0.1) is 6.61 Å². The number of benzene rings is 1. The van der Waals surface area contributed by atoms with Gasteiger partial charge in [0.2, 0.25) is 0 Å². The Labute approximate surface area is 104 Å². The van der Waals surface area contributed by atoms with Gasteiger partial charge < -0.3 is 10.1 Å². The number of nitrogens with one attached hydrogen (secondary N) is 1. The highest BCUT2D eigenvalue weighted by atomic mass is 16.5. The van der Waals surface area contributed by atoms with Crippen LogP contribution in [0.15, 0.2) is 24.3 Å². The monoisotopic (exact) mass is 233 g/mol. The highest BCUT2D eigenvalue weighted by Gasteiger charge is 2.23. The molecule has 0 saturated heterocycles. The van der Waals surface area contributed by atoms with E-state index in [1.54, 1.807) is 18.2 Å². The third kappa shape index (κ3) is 3.08. The van der Waals surface area contributed by atoms with Gasteiger partial charge in [-0.05, 0) is 35.8 Å². The fraction of sp³-hybridized carbons (Fsp3) is 0.600. The van der Waals surface area contributed by atoms with Crippen LogP contribution in [0, 0.1) is 0 Å². The zero-order chi connectivity index (χ0) is 12.1. The number of hydrogen-bond donors (Lipinski definition) is 1. The van der Waals surface area contributed by atoms with Crippen LogP contribution in [-0.2, 0) is 4.74 Å². The molecule has 0 spiro atoms. The van der Waals surface area contributed by atoms with Crippen molar-refractivity contribution in [1.82, 2.24) is 5.32 Å². The lowest BCUT2D eigenvalue weighted by atomic mass is 9.77. The van der Waals surface area contributed by atoms with Crippen LogP contribution in [0.5, 0.6) is 0 Å². The summed E-state index contributed by atoms with van der Waals surface area (Å²) in [6.07, 6.45) is 2.62. The van der Waals surface area contributed by atoms with Gasteiger partial charge in [-0.2, -0.15) is 0 Å². The number of ether oxygens (including phenoxy) is 1. The van der Waals surface area contributed by atoms with Crippen LogP contribution in [0.4, 0.5) is 0 Å². The largest absolute Gasteiger partial charge is 0.383 e. The molecule has 2 unspecified atom stereocenters. The van der Waals surface area contributed by atoms with E-state index < -0.39 is 0 Å². The summed E-state index contributed by atoms with van der Waals surface area (Å²) in [6, 6.07) is 8.92. The van der Waals surface area contributed by atoms with Crippen LogP contribution < -0.4 is 5.32 Å². The molecule has 1 aromatic rings. The van der Waals surface area contributed by atoms with E-state index in [-0.39, 0.29) is 0 Å². The summed E-state index contributed by atoms with van der Waals surface area (Å²) in [4.78, 5) is 0. The maximum Gasteiger partial charge on any atom is 0.0587 e. The lowest BCUT2D eigenvalue weighted by Gasteiger charge is -2.30. The summed E-state index contributed by atoms with van der Waals surface area (Å²) in [5.41, 5.74) is 3.11. The predicted octanol–water partition coefficient (Wildman–Crippen LogP) is 2.90. The van der Waals surface area contributed by atoms with Crippen molar-refractivity contribution in [1.29, 1.82) is 0 Å². The van der Waals surface area contributed by atoms with Crippen molar-refractivity contribution in [3.8, 4) is 0 Å². The van der Waals surface area contributed by atoms with Crippen molar-refractivity contribution in [2.75, 3.05) is 26.8 Å². The van der Waals surface area contributed by atoms with E-state index in [9.17, 15) is 0 Å². The Morgan fingerprint density at radius 3 is 2.76 bits per heavy atom. The highest BCUT2D eigenvalue weighted by molar-refractivity contribution is 5.35. The Morgan fingerprint density at radius 1 is 1.24 bits per heavy atom. The van der Waals surface area contributed by atoms with Gasteiger partial charge in [0.15, 0.2) is 0 Å². The summed E-state index contributed by atoms with van der Waals surface area (Å²) in [5.74, 6) is 1.40. The summed E-state index contributed by atoms with van der Waals surface area (Å²) in [5, 5.41) is 3.49. The van der Waals surface area contributed by atoms with Crippen LogP contribution in [0.25, 0.3) is 0 Å². The molecule has 2 nitrogen and oxygen atoms in total. The lowest BCUT2D eigenvalue weighted by molar-refractivity contribution is 0.198. The molecule has 1 aliphatic rings. The molecule has 0 amide bonds. The van der Waals surface area contributed by atoms with E-state index in [1.165, 1.54) is 12.8 Å². The molecule has 17 heavy (non-hydrogen) atoms. The Hall–Kier alpha value is -0.860. The molecular formula is C15H23NO. The molecule has 2 atom stereocenters. The van der Waals surface area contributed by atoms with E-state index in [2.05, 4.69) is 36.5 Å². The first kappa shape index (κ1) is 12.6. The van der Waals surface area contributed by atoms with Gasteiger partial charge in [0, 0.05) is 20.2 Å². The normalized spacial score (nSPS) is 23.4. The van der Waals surface area contributed by atoms with Gasteiger partial charge in [0.25, 0.3) is 0 Å². The second-order valence-electron chi connectivity index (χ2n) is 5.00. The zero-order valence-electron chi connectivity index (χ0n) is 10.9. The maximum absolute atomic E-state index is 5.06. The van der Waals surface area contributed by atoms with Crippen LogP contribution in [-0.4, -0.2) is 26.8 Å². The molecule has 2 rings (SSSR count). The van der Waals surface area contributed by atoms with Gasteiger partial charge in [-0.3, -0.25) is 0 Å². The topological polar surface area (TPSA) is 21.3 Å². The molecule has 1 aromatic carbocycles. The van der Waals surface area contributed by atoms with E-state index >= 15 is 0 Å². The average Bonchev–Trinajstić information content (AvgIpc) is 2.37. The van der Waals surface area contributed by atoms with Crippen LogP contribution in [0.1, 0.15) is 42.7 Å². The predicted molar refractivity (Wildman–Crippen MR) is 71.6 cm³/mol. The molecule has 1 aliphatic carbocycles. The van der Waals surface area contributed by atoms with Gasteiger partial charge in [-0.1, -0.05) is 31.2 Å². The Bertz CT molecular complexity index is 351. The SMILES string of the molecule is COCCNCC1CCC(C)c2ccccc21. The third-order valence-electron chi connectivity index (χ3n) is 3.79. The summed E-state index contributed by atoms with van der Waals surface area (Å²) in [7, 11) is 1.75. The second-order valence-corrected chi connectivity index (χ2v) is 5.00. The first-order valence-electron chi connectivity index (χ1n) is 6.61. The van der Waals surface area contributed by atoms with E-state index in [0.29, 0.717) is 5.92 Å². The maximum atomic E-state index is 5.06. The Morgan fingerprint density at radius 2 is 2.00 bits per heavy atom. The zero-order valence-corrected chi connectivity index (χ0v) is 10.9. The number of fused-ring (bicyclic) bond motifs is 1.